The number of rotatable bonds is 5. The van der Waals surface area contributed by atoms with Crippen LogP contribution in [-0.4, -0.2) is 25.7 Å². The third kappa shape index (κ3) is 5.24. The van der Waals surface area contributed by atoms with Crippen molar-refractivity contribution in [3.8, 4) is 11.8 Å². The van der Waals surface area contributed by atoms with E-state index in [1.807, 2.05) is 31.2 Å². The van der Waals surface area contributed by atoms with Crippen molar-refractivity contribution in [2.45, 2.75) is 13.3 Å². The van der Waals surface area contributed by atoms with Gasteiger partial charge in [0.2, 0.25) is 0 Å². The standard InChI is InChI=1S/C19H20N4O3/c1-14-6-3-8-16(12-14)23(11-5-10-20)19(25)26-17-9-4-7-15(13-17)22-18(24)21-2/h3-4,6-9,12-13H,5,11H2,1-2H3,(H2,21,22,24). The van der Waals surface area contributed by atoms with Gasteiger partial charge in [0.05, 0.1) is 12.5 Å². The molecular weight excluding hydrogens is 332 g/mol. The van der Waals surface area contributed by atoms with Gasteiger partial charge in [-0.2, -0.15) is 5.26 Å². The topological polar surface area (TPSA) is 94.5 Å². The largest absolute Gasteiger partial charge is 0.419 e. The molecule has 2 aromatic rings. The maximum atomic E-state index is 12.6. The first-order chi connectivity index (χ1) is 12.5. The number of urea groups is 1. The van der Waals surface area contributed by atoms with E-state index in [2.05, 4.69) is 10.6 Å². The summed E-state index contributed by atoms with van der Waals surface area (Å²) in [6.45, 7) is 2.14. The van der Waals surface area contributed by atoms with Gasteiger partial charge in [-0.1, -0.05) is 18.2 Å². The number of nitrogens with zero attached hydrogens (tertiary/aromatic N) is 2. The summed E-state index contributed by atoms with van der Waals surface area (Å²) in [4.78, 5) is 25.4. The maximum absolute atomic E-state index is 12.6. The zero-order valence-electron chi connectivity index (χ0n) is 14.7. The van der Waals surface area contributed by atoms with Crippen molar-refractivity contribution in [1.29, 1.82) is 5.26 Å². The van der Waals surface area contributed by atoms with Gasteiger partial charge in [0.15, 0.2) is 0 Å². The first kappa shape index (κ1) is 18.8. The van der Waals surface area contributed by atoms with E-state index in [1.165, 1.54) is 11.9 Å². The molecule has 0 saturated carbocycles. The van der Waals surface area contributed by atoms with Gasteiger partial charge in [-0.25, -0.2) is 9.59 Å². The monoisotopic (exact) mass is 352 g/mol. The number of amides is 3. The minimum Gasteiger partial charge on any atom is -0.410 e. The van der Waals surface area contributed by atoms with Crippen molar-refractivity contribution < 1.29 is 14.3 Å². The quantitative estimate of drug-likeness (QED) is 0.858. The molecule has 2 rings (SSSR count). The van der Waals surface area contributed by atoms with Crippen LogP contribution in [-0.2, 0) is 0 Å². The van der Waals surface area contributed by atoms with Gasteiger partial charge in [-0.15, -0.1) is 0 Å². The molecule has 0 unspecified atom stereocenters. The predicted octanol–water partition coefficient (Wildman–Crippen LogP) is 3.67. The van der Waals surface area contributed by atoms with E-state index >= 15 is 0 Å². The minimum absolute atomic E-state index is 0.182. The Balaban J connectivity index is 2.17. The van der Waals surface area contributed by atoms with Crippen molar-refractivity contribution in [2.75, 3.05) is 23.8 Å². The summed E-state index contributed by atoms with van der Waals surface area (Å²) in [6.07, 6.45) is -0.413. The first-order valence-electron chi connectivity index (χ1n) is 8.05. The highest BCUT2D eigenvalue weighted by Gasteiger charge is 2.18. The van der Waals surface area contributed by atoms with Crippen LogP contribution in [0.4, 0.5) is 21.0 Å². The number of anilines is 2. The van der Waals surface area contributed by atoms with Crippen molar-refractivity contribution in [3.63, 3.8) is 0 Å². The van der Waals surface area contributed by atoms with E-state index in [0.717, 1.165) is 5.56 Å². The fourth-order valence-electron chi connectivity index (χ4n) is 2.27. The van der Waals surface area contributed by atoms with Crippen LogP contribution in [0.1, 0.15) is 12.0 Å². The summed E-state index contributed by atoms with van der Waals surface area (Å²) in [7, 11) is 1.51. The van der Waals surface area contributed by atoms with Gasteiger partial charge in [0.25, 0.3) is 0 Å². The second-order valence-corrected chi connectivity index (χ2v) is 5.50. The Morgan fingerprint density at radius 2 is 1.96 bits per heavy atom. The van der Waals surface area contributed by atoms with E-state index < -0.39 is 6.09 Å². The summed E-state index contributed by atoms with van der Waals surface area (Å²) in [5.74, 6) is 0.290. The average molecular weight is 352 g/mol. The van der Waals surface area contributed by atoms with Gasteiger partial charge >= 0.3 is 12.1 Å². The van der Waals surface area contributed by atoms with Crippen LogP contribution in [0.15, 0.2) is 48.5 Å². The van der Waals surface area contributed by atoms with Crippen LogP contribution in [0.25, 0.3) is 0 Å². The Kier molecular flexibility index (Phi) is 6.57. The Bertz CT molecular complexity index is 830. The second-order valence-electron chi connectivity index (χ2n) is 5.50. The molecule has 0 aromatic heterocycles. The Morgan fingerprint density at radius 3 is 2.65 bits per heavy atom. The number of ether oxygens (including phenoxy) is 1. The van der Waals surface area contributed by atoms with E-state index in [1.54, 1.807) is 30.3 Å². The number of carbonyl (C=O) groups excluding carboxylic acids is 2. The molecule has 0 bridgehead atoms. The number of benzene rings is 2. The van der Waals surface area contributed by atoms with E-state index in [9.17, 15) is 9.59 Å². The number of hydrogen-bond acceptors (Lipinski definition) is 4. The van der Waals surface area contributed by atoms with E-state index in [0.29, 0.717) is 17.1 Å². The number of carbonyl (C=O) groups is 2. The molecule has 134 valence electrons. The fraction of sp³-hybridized carbons (Fsp3) is 0.211. The SMILES string of the molecule is CNC(=O)Nc1cccc(OC(=O)N(CCC#N)c2cccc(C)c2)c1. The van der Waals surface area contributed by atoms with Crippen LogP contribution >= 0.6 is 0 Å². The first-order valence-corrected chi connectivity index (χ1v) is 8.05. The smallest absolute Gasteiger partial charge is 0.410 e. The van der Waals surface area contributed by atoms with Crippen molar-refractivity contribution in [1.82, 2.24) is 5.32 Å². The number of hydrogen-bond donors (Lipinski definition) is 2. The van der Waals surface area contributed by atoms with Gasteiger partial charge in [-0.3, -0.25) is 4.90 Å². The molecule has 0 radical (unpaired) electrons. The molecule has 2 aromatic carbocycles. The van der Waals surface area contributed by atoms with Crippen LogP contribution in [0.5, 0.6) is 5.75 Å². The highest BCUT2D eigenvalue weighted by Crippen LogP contribution is 2.21. The summed E-state index contributed by atoms with van der Waals surface area (Å²) in [5.41, 5.74) is 2.15. The number of nitrogens with one attached hydrogen (secondary N) is 2. The Hall–Kier alpha value is -3.53. The summed E-state index contributed by atoms with van der Waals surface area (Å²) in [6, 6.07) is 15.6. The number of aryl methyl sites for hydroxylation is 1. The Morgan fingerprint density at radius 1 is 1.19 bits per heavy atom. The van der Waals surface area contributed by atoms with E-state index in [4.69, 9.17) is 10.00 Å². The highest BCUT2D eigenvalue weighted by molar-refractivity contribution is 5.91. The molecule has 3 amide bonds. The molecule has 0 saturated heterocycles. The number of nitriles is 1. The van der Waals surface area contributed by atoms with Gasteiger partial charge in [0.1, 0.15) is 5.75 Å². The normalized spacial score (nSPS) is 9.73. The van der Waals surface area contributed by atoms with Crippen LogP contribution in [0.2, 0.25) is 0 Å². The molecule has 26 heavy (non-hydrogen) atoms. The summed E-state index contributed by atoms with van der Waals surface area (Å²) < 4.78 is 5.43. The third-order valence-corrected chi connectivity index (χ3v) is 3.51. The zero-order chi connectivity index (χ0) is 18.9. The van der Waals surface area contributed by atoms with Crippen molar-refractivity contribution in [2.24, 2.45) is 0 Å². The molecule has 0 aliphatic rings. The molecule has 0 aliphatic heterocycles. The molecule has 0 atom stereocenters. The lowest BCUT2D eigenvalue weighted by Crippen LogP contribution is -2.34. The second kappa shape index (κ2) is 9.08. The van der Waals surface area contributed by atoms with Crippen LogP contribution in [0, 0.1) is 18.3 Å². The van der Waals surface area contributed by atoms with Gasteiger partial charge in [-0.05, 0) is 36.8 Å². The molecular formula is C19H20N4O3. The minimum atomic E-state index is -0.594. The fourth-order valence-corrected chi connectivity index (χ4v) is 2.27. The lowest BCUT2D eigenvalue weighted by Gasteiger charge is -2.21. The van der Waals surface area contributed by atoms with E-state index in [-0.39, 0.29) is 19.0 Å². The molecule has 7 heteroatoms. The van der Waals surface area contributed by atoms with Gasteiger partial charge in [0, 0.05) is 31.0 Å². The van der Waals surface area contributed by atoms with Gasteiger partial charge < -0.3 is 15.4 Å². The van der Waals surface area contributed by atoms with Crippen molar-refractivity contribution >= 4 is 23.5 Å². The molecule has 0 heterocycles. The van der Waals surface area contributed by atoms with Crippen LogP contribution in [0.3, 0.4) is 0 Å². The summed E-state index contributed by atoms with van der Waals surface area (Å²) >= 11 is 0. The molecule has 7 nitrogen and oxygen atoms in total. The zero-order valence-corrected chi connectivity index (χ0v) is 14.7. The third-order valence-electron chi connectivity index (χ3n) is 3.51. The van der Waals surface area contributed by atoms with Crippen LogP contribution < -0.4 is 20.3 Å². The lowest BCUT2D eigenvalue weighted by atomic mass is 10.2. The molecule has 0 aliphatic carbocycles. The molecule has 0 fully saturated rings. The maximum Gasteiger partial charge on any atom is 0.419 e. The summed E-state index contributed by atoms with van der Waals surface area (Å²) in [5, 5.41) is 13.9. The predicted molar refractivity (Wildman–Crippen MR) is 99.3 cm³/mol. The lowest BCUT2D eigenvalue weighted by molar-refractivity contribution is 0.207. The average Bonchev–Trinajstić information content (AvgIpc) is 2.62. The Labute approximate surface area is 152 Å². The molecule has 2 N–H and O–H groups in total. The molecule has 0 spiro atoms. The van der Waals surface area contributed by atoms with Crippen molar-refractivity contribution in [3.05, 3.63) is 54.1 Å². The highest BCUT2D eigenvalue weighted by atomic mass is 16.6.